The lowest BCUT2D eigenvalue weighted by Crippen LogP contribution is -2.54. The molecule has 1 N–H and O–H groups in total. The van der Waals surface area contributed by atoms with Crippen LogP contribution >= 0.6 is 11.6 Å². The van der Waals surface area contributed by atoms with Crippen molar-refractivity contribution in [1.29, 1.82) is 0 Å². The molecule has 1 atom stereocenters. The zero-order valence-electron chi connectivity index (χ0n) is 20.1. The predicted molar refractivity (Wildman–Crippen MR) is 139 cm³/mol. The fourth-order valence-corrected chi connectivity index (χ4v) is 4.05. The van der Waals surface area contributed by atoms with Crippen LogP contribution in [0.4, 0.5) is 0 Å². The third kappa shape index (κ3) is 7.74. The first-order valence-corrected chi connectivity index (χ1v) is 12.0. The molecule has 178 valence electrons. The van der Waals surface area contributed by atoms with Crippen molar-refractivity contribution in [2.75, 3.05) is 0 Å². The number of nitrogens with one attached hydrogen (secondary N) is 1. The van der Waals surface area contributed by atoms with Crippen molar-refractivity contribution >= 4 is 23.4 Å². The fraction of sp³-hybridized carbons (Fsp3) is 0.310. The summed E-state index contributed by atoms with van der Waals surface area (Å²) in [6.07, 6.45) is 1.34. The molecule has 3 aromatic rings. The summed E-state index contributed by atoms with van der Waals surface area (Å²) in [5.74, 6) is -0.245. The Hall–Kier alpha value is -3.11. The van der Waals surface area contributed by atoms with Gasteiger partial charge in [-0.1, -0.05) is 90.5 Å². The molecule has 0 radical (unpaired) electrons. The largest absolute Gasteiger partial charge is 0.350 e. The maximum atomic E-state index is 13.6. The molecule has 0 saturated carbocycles. The van der Waals surface area contributed by atoms with Gasteiger partial charge in [-0.2, -0.15) is 0 Å². The molecule has 0 aliphatic carbocycles. The monoisotopic (exact) mass is 476 g/mol. The first kappa shape index (κ1) is 25.5. The summed E-state index contributed by atoms with van der Waals surface area (Å²) in [6.45, 7) is 6.10. The molecule has 0 aromatic heterocycles. The van der Waals surface area contributed by atoms with Crippen molar-refractivity contribution in [3.8, 4) is 0 Å². The molecule has 4 nitrogen and oxygen atoms in total. The molecular weight excluding hydrogens is 444 g/mol. The van der Waals surface area contributed by atoms with Crippen molar-refractivity contribution in [3.63, 3.8) is 0 Å². The molecule has 0 aliphatic rings. The van der Waals surface area contributed by atoms with Crippen LogP contribution < -0.4 is 5.32 Å². The highest BCUT2D eigenvalue weighted by molar-refractivity contribution is 6.31. The summed E-state index contributed by atoms with van der Waals surface area (Å²) in [5.41, 5.74) is 2.48. The molecule has 3 aromatic carbocycles. The van der Waals surface area contributed by atoms with E-state index < -0.39 is 11.6 Å². The number of nitrogens with zero attached hydrogens (tertiary/aromatic N) is 1. The lowest BCUT2D eigenvalue weighted by Gasteiger charge is -2.34. The lowest BCUT2D eigenvalue weighted by atomic mass is 10.00. The van der Waals surface area contributed by atoms with E-state index >= 15 is 0 Å². The molecular formula is C29H33ClN2O2. The highest BCUT2D eigenvalue weighted by Gasteiger charge is 2.32. The molecule has 0 unspecified atom stereocenters. The van der Waals surface area contributed by atoms with Crippen LogP contribution in [0.15, 0.2) is 84.9 Å². The van der Waals surface area contributed by atoms with Crippen LogP contribution in [0, 0.1) is 0 Å². The molecule has 0 bridgehead atoms. The van der Waals surface area contributed by atoms with Gasteiger partial charge >= 0.3 is 0 Å². The maximum Gasteiger partial charge on any atom is 0.243 e. The summed E-state index contributed by atoms with van der Waals surface area (Å²) < 4.78 is 0. The van der Waals surface area contributed by atoms with E-state index in [0.29, 0.717) is 24.3 Å². The van der Waals surface area contributed by atoms with Crippen molar-refractivity contribution < 1.29 is 9.59 Å². The molecule has 0 aliphatic heterocycles. The number of hydrogen-bond acceptors (Lipinski definition) is 2. The van der Waals surface area contributed by atoms with Gasteiger partial charge in [0.05, 0.1) is 0 Å². The van der Waals surface area contributed by atoms with Crippen LogP contribution in [0.2, 0.25) is 5.02 Å². The number of benzene rings is 3. The Morgan fingerprint density at radius 1 is 0.853 bits per heavy atom. The van der Waals surface area contributed by atoms with E-state index in [-0.39, 0.29) is 18.4 Å². The standard InChI is InChI=1S/C29H33ClN2O2/c1-29(2,3)31-28(34)26(20-23-14-8-5-9-15-23)32(21-24-16-10-11-17-25(24)30)27(33)19-18-22-12-6-4-7-13-22/h4-17,26H,18-21H2,1-3H3,(H,31,34)/t26-/m0/s1. The fourth-order valence-electron chi connectivity index (χ4n) is 3.86. The summed E-state index contributed by atoms with van der Waals surface area (Å²) in [5, 5.41) is 3.66. The van der Waals surface area contributed by atoms with Gasteiger partial charge in [-0.25, -0.2) is 0 Å². The SMILES string of the molecule is CC(C)(C)NC(=O)[C@H](Cc1ccccc1)N(Cc1ccccc1Cl)C(=O)CCc1ccccc1. The summed E-state index contributed by atoms with van der Waals surface area (Å²) in [7, 11) is 0. The van der Waals surface area contributed by atoms with Gasteiger partial charge in [0.15, 0.2) is 0 Å². The third-order valence-corrected chi connectivity index (χ3v) is 5.91. The van der Waals surface area contributed by atoms with Crippen LogP contribution in [-0.2, 0) is 29.0 Å². The van der Waals surface area contributed by atoms with Crippen LogP contribution in [0.5, 0.6) is 0 Å². The van der Waals surface area contributed by atoms with E-state index in [0.717, 1.165) is 16.7 Å². The smallest absolute Gasteiger partial charge is 0.243 e. The Bertz CT molecular complexity index is 1080. The van der Waals surface area contributed by atoms with Gasteiger partial charge in [0, 0.05) is 29.9 Å². The average Bonchev–Trinajstić information content (AvgIpc) is 2.81. The van der Waals surface area contributed by atoms with Crippen LogP contribution in [0.3, 0.4) is 0 Å². The van der Waals surface area contributed by atoms with Crippen LogP contribution in [0.1, 0.15) is 43.9 Å². The zero-order chi connectivity index (χ0) is 24.6. The molecule has 0 fully saturated rings. The molecule has 2 amide bonds. The lowest BCUT2D eigenvalue weighted by molar-refractivity contribution is -0.141. The topological polar surface area (TPSA) is 49.4 Å². The Kier molecular flexibility index (Phi) is 8.89. The van der Waals surface area contributed by atoms with Crippen molar-refractivity contribution in [2.45, 2.75) is 58.2 Å². The Morgan fingerprint density at radius 3 is 2.00 bits per heavy atom. The molecule has 0 saturated heterocycles. The molecule has 34 heavy (non-hydrogen) atoms. The van der Waals surface area contributed by atoms with Crippen LogP contribution in [-0.4, -0.2) is 28.3 Å². The minimum absolute atomic E-state index is 0.0752. The number of rotatable bonds is 9. The molecule has 5 heteroatoms. The summed E-state index contributed by atoms with van der Waals surface area (Å²) in [6, 6.07) is 26.5. The molecule has 3 rings (SSSR count). The second kappa shape index (κ2) is 11.8. The first-order chi connectivity index (χ1) is 16.2. The van der Waals surface area contributed by atoms with Crippen LogP contribution in [0.25, 0.3) is 0 Å². The number of carbonyl (C=O) groups is 2. The number of halogens is 1. The van der Waals surface area contributed by atoms with Gasteiger partial charge < -0.3 is 10.2 Å². The van der Waals surface area contributed by atoms with E-state index in [1.807, 2.05) is 106 Å². The predicted octanol–water partition coefficient (Wildman–Crippen LogP) is 5.83. The van der Waals surface area contributed by atoms with Gasteiger partial charge in [0.1, 0.15) is 6.04 Å². The quantitative estimate of drug-likeness (QED) is 0.422. The van der Waals surface area contributed by atoms with Gasteiger partial charge in [-0.15, -0.1) is 0 Å². The van der Waals surface area contributed by atoms with Gasteiger partial charge in [-0.05, 0) is 49.9 Å². The number of amides is 2. The van der Waals surface area contributed by atoms with Crippen molar-refractivity contribution in [2.24, 2.45) is 0 Å². The van der Waals surface area contributed by atoms with E-state index in [4.69, 9.17) is 11.6 Å². The Morgan fingerprint density at radius 2 is 1.41 bits per heavy atom. The van der Waals surface area contributed by atoms with Crippen molar-refractivity contribution in [3.05, 3.63) is 107 Å². The molecule has 0 heterocycles. The van der Waals surface area contributed by atoms with E-state index in [2.05, 4.69) is 5.32 Å². The Labute approximate surface area is 207 Å². The number of aryl methyl sites for hydroxylation is 1. The Balaban J connectivity index is 1.94. The van der Waals surface area contributed by atoms with Gasteiger partial charge in [0.2, 0.25) is 11.8 Å². The average molecular weight is 477 g/mol. The van der Waals surface area contributed by atoms with E-state index in [9.17, 15) is 9.59 Å². The minimum Gasteiger partial charge on any atom is -0.350 e. The molecule has 0 spiro atoms. The highest BCUT2D eigenvalue weighted by atomic mass is 35.5. The summed E-state index contributed by atoms with van der Waals surface area (Å²) in [4.78, 5) is 28.8. The summed E-state index contributed by atoms with van der Waals surface area (Å²) >= 11 is 6.46. The van der Waals surface area contributed by atoms with Gasteiger partial charge in [-0.3, -0.25) is 9.59 Å². The van der Waals surface area contributed by atoms with Crippen molar-refractivity contribution in [1.82, 2.24) is 10.2 Å². The van der Waals surface area contributed by atoms with E-state index in [1.165, 1.54) is 0 Å². The third-order valence-electron chi connectivity index (χ3n) is 5.54. The highest BCUT2D eigenvalue weighted by Crippen LogP contribution is 2.22. The zero-order valence-corrected chi connectivity index (χ0v) is 20.9. The minimum atomic E-state index is -0.666. The maximum absolute atomic E-state index is 13.6. The second-order valence-electron chi connectivity index (χ2n) is 9.54. The number of hydrogen-bond donors (Lipinski definition) is 1. The normalized spacial score (nSPS) is 12.1. The van der Waals surface area contributed by atoms with E-state index in [1.54, 1.807) is 4.90 Å². The number of carbonyl (C=O) groups excluding carboxylic acids is 2. The first-order valence-electron chi connectivity index (χ1n) is 11.7. The second-order valence-corrected chi connectivity index (χ2v) is 9.95. The van der Waals surface area contributed by atoms with Gasteiger partial charge in [0.25, 0.3) is 0 Å².